The summed E-state index contributed by atoms with van der Waals surface area (Å²) in [5.74, 6) is 0.908. The van der Waals surface area contributed by atoms with Crippen LogP contribution in [0.2, 0.25) is 0 Å². The number of aliphatic hydroxyl groups is 1. The van der Waals surface area contributed by atoms with E-state index in [0.29, 0.717) is 19.5 Å². The van der Waals surface area contributed by atoms with Gasteiger partial charge in [0.25, 0.3) is 0 Å². The lowest BCUT2D eigenvalue weighted by atomic mass is 9.83. The number of carbonyl (C=O) groups excluding carboxylic acids is 1. The molecule has 0 heterocycles. The number of hydrogen-bond acceptors (Lipinski definition) is 4. The van der Waals surface area contributed by atoms with Gasteiger partial charge in [-0.3, -0.25) is 4.79 Å². The molecule has 24 heavy (non-hydrogen) atoms. The summed E-state index contributed by atoms with van der Waals surface area (Å²) in [4.78, 5) is 12.6. The maximum atomic E-state index is 10.5. The average molecular weight is 338 g/mol. The largest absolute Gasteiger partial charge is 0.501 e. The molecule has 0 aromatic rings. The van der Waals surface area contributed by atoms with Crippen molar-refractivity contribution in [3.05, 3.63) is 35.6 Å². The second-order valence-corrected chi connectivity index (χ2v) is 7.07. The fourth-order valence-corrected chi connectivity index (χ4v) is 2.42. The molecule has 0 bridgehead atoms. The van der Waals surface area contributed by atoms with Gasteiger partial charge in [-0.2, -0.15) is 0 Å². The molecule has 5 nitrogen and oxygen atoms in total. The van der Waals surface area contributed by atoms with E-state index < -0.39 is 0 Å². The van der Waals surface area contributed by atoms with Crippen LogP contribution in [0.25, 0.3) is 0 Å². The molecule has 0 aliphatic carbocycles. The van der Waals surface area contributed by atoms with Gasteiger partial charge in [-0.1, -0.05) is 39.5 Å². The van der Waals surface area contributed by atoms with E-state index in [4.69, 9.17) is 4.74 Å². The molecule has 0 saturated carbocycles. The molecule has 138 valence electrons. The normalized spacial score (nSPS) is 14.9. The number of ether oxygens (including phenoxy) is 1. The van der Waals surface area contributed by atoms with Crippen molar-refractivity contribution in [3.63, 3.8) is 0 Å². The smallest absolute Gasteiger partial charge is 0.207 e. The molecule has 2 N–H and O–H groups in total. The highest BCUT2D eigenvalue weighted by Crippen LogP contribution is 2.32. The number of nitrogens with one attached hydrogen (secondary N) is 1. The van der Waals surface area contributed by atoms with E-state index in [1.807, 2.05) is 13.1 Å². The van der Waals surface area contributed by atoms with Gasteiger partial charge in [0.05, 0.1) is 13.2 Å². The lowest BCUT2D eigenvalue weighted by Gasteiger charge is -2.26. The number of nitrogens with zero attached hydrogens (tertiary/aromatic N) is 1. The monoisotopic (exact) mass is 338 g/mol. The molecule has 1 unspecified atom stereocenters. The van der Waals surface area contributed by atoms with E-state index in [2.05, 4.69) is 37.6 Å². The Balaban J connectivity index is 5.46. The van der Waals surface area contributed by atoms with E-state index in [0.717, 1.165) is 29.9 Å². The van der Waals surface area contributed by atoms with Crippen LogP contribution in [0.5, 0.6) is 0 Å². The first-order valence-corrected chi connectivity index (χ1v) is 8.30. The predicted molar refractivity (Wildman–Crippen MR) is 99.6 cm³/mol. The molecule has 0 aliphatic rings. The summed E-state index contributed by atoms with van der Waals surface area (Å²) >= 11 is 0. The molecule has 0 aliphatic heterocycles. The van der Waals surface area contributed by atoms with Crippen LogP contribution in [-0.2, 0) is 9.53 Å². The van der Waals surface area contributed by atoms with Crippen LogP contribution in [0, 0.1) is 5.41 Å². The maximum absolute atomic E-state index is 10.5. The highest BCUT2D eigenvalue weighted by atomic mass is 16.5. The summed E-state index contributed by atoms with van der Waals surface area (Å²) < 4.78 is 5.67. The van der Waals surface area contributed by atoms with Gasteiger partial charge in [0.15, 0.2) is 0 Å². The van der Waals surface area contributed by atoms with Gasteiger partial charge in [-0.15, -0.1) is 0 Å². The molecule has 0 radical (unpaired) electrons. The lowest BCUT2D eigenvalue weighted by molar-refractivity contribution is -0.109. The zero-order valence-electron chi connectivity index (χ0n) is 16.1. The fraction of sp³-hybridized carbons (Fsp3) is 0.632. The van der Waals surface area contributed by atoms with Gasteiger partial charge < -0.3 is 20.1 Å². The van der Waals surface area contributed by atoms with Gasteiger partial charge >= 0.3 is 0 Å². The SMILES string of the molecule is C=C/C(=C\C(=C(/CCN(C)CC(C)O)OC)C(C)(C)C)CNC=O. The third kappa shape index (κ3) is 8.89. The van der Waals surface area contributed by atoms with Crippen molar-refractivity contribution in [2.45, 2.75) is 40.2 Å². The zero-order chi connectivity index (χ0) is 18.8. The van der Waals surface area contributed by atoms with Crippen LogP contribution >= 0.6 is 0 Å². The number of amides is 1. The number of aliphatic hydroxyl groups excluding tert-OH is 1. The van der Waals surface area contributed by atoms with Crippen molar-refractivity contribution in [1.82, 2.24) is 10.2 Å². The third-order valence-electron chi connectivity index (χ3n) is 3.63. The molecule has 0 aromatic carbocycles. The van der Waals surface area contributed by atoms with Gasteiger partial charge in [0.1, 0.15) is 5.76 Å². The lowest BCUT2D eigenvalue weighted by Crippen LogP contribution is -2.28. The molecule has 5 heteroatoms. The number of methoxy groups -OCH3 is 1. The van der Waals surface area contributed by atoms with Crippen LogP contribution in [0.15, 0.2) is 35.6 Å². The minimum atomic E-state index is -0.353. The third-order valence-corrected chi connectivity index (χ3v) is 3.63. The molecule has 1 amide bonds. The number of rotatable bonds is 11. The number of hydrogen-bond donors (Lipinski definition) is 2. The van der Waals surface area contributed by atoms with E-state index in [1.54, 1.807) is 20.1 Å². The number of likely N-dealkylation sites (N-methyl/N-ethyl adjacent to an activating group) is 1. The van der Waals surface area contributed by atoms with Crippen molar-refractivity contribution in [3.8, 4) is 0 Å². The predicted octanol–water partition coefficient (Wildman–Crippen LogP) is 2.49. The molecule has 0 rings (SSSR count). The summed E-state index contributed by atoms with van der Waals surface area (Å²) in [6.45, 7) is 13.8. The van der Waals surface area contributed by atoms with Crippen molar-refractivity contribution < 1.29 is 14.6 Å². The Hall–Kier alpha value is -1.59. The van der Waals surface area contributed by atoms with Gasteiger partial charge in [-0.25, -0.2) is 0 Å². The molecular weight excluding hydrogens is 304 g/mol. The maximum Gasteiger partial charge on any atom is 0.207 e. The minimum Gasteiger partial charge on any atom is -0.501 e. The Morgan fingerprint density at radius 1 is 1.42 bits per heavy atom. The number of allylic oxidation sites excluding steroid dienone is 2. The van der Waals surface area contributed by atoms with Crippen molar-refractivity contribution >= 4 is 6.41 Å². The standard InChI is InChI=1S/C19H34N2O3/c1-8-16(12-20-14-22)11-17(19(3,4)5)18(24-7)9-10-21(6)13-15(2)23/h8,11,14-15,23H,1,9-10,12-13H2,2-7H3,(H,20,22)/b16-11+,18-17-. The number of carbonyl (C=O) groups is 1. The van der Waals surface area contributed by atoms with Crippen LogP contribution < -0.4 is 5.32 Å². The Kier molecular flexibility index (Phi) is 10.3. The van der Waals surface area contributed by atoms with Crippen molar-refractivity contribution in [2.75, 3.05) is 33.8 Å². The van der Waals surface area contributed by atoms with Crippen LogP contribution in [-0.4, -0.2) is 56.3 Å². The molecule has 0 fully saturated rings. The van der Waals surface area contributed by atoms with Crippen molar-refractivity contribution in [2.24, 2.45) is 5.41 Å². The zero-order valence-corrected chi connectivity index (χ0v) is 16.1. The Bertz CT molecular complexity index is 460. The summed E-state index contributed by atoms with van der Waals surface area (Å²) in [7, 11) is 3.66. The first-order chi connectivity index (χ1) is 11.1. The van der Waals surface area contributed by atoms with Crippen molar-refractivity contribution in [1.29, 1.82) is 0 Å². The second-order valence-electron chi connectivity index (χ2n) is 7.07. The molecule has 0 saturated heterocycles. The average Bonchev–Trinajstić information content (AvgIpc) is 2.47. The van der Waals surface area contributed by atoms with Gasteiger partial charge in [0, 0.05) is 26.1 Å². The fourth-order valence-electron chi connectivity index (χ4n) is 2.42. The molecule has 1 atom stereocenters. The Labute approximate surface area is 147 Å². The molecule has 0 aromatic heterocycles. The van der Waals surface area contributed by atoms with Gasteiger partial charge in [0.2, 0.25) is 6.41 Å². The highest BCUT2D eigenvalue weighted by Gasteiger charge is 2.21. The summed E-state index contributed by atoms with van der Waals surface area (Å²) in [6, 6.07) is 0. The Morgan fingerprint density at radius 2 is 2.04 bits per heavy atom. The topological polar surface area (TPSA) is 61.8 Å². The molecule has 0 spiro atoms. The van der Waals surface area contributed by atoms with E-state index in [1.165, 1.54) is 0 Å². The van der Waals surface area contributed by atoms with E-state index in [9.17, 15) is 9.90 Å². The van der Waals surface area contributed by atoms with Gasteiger partial charge in [-0.05, 0) is 30.5 Å². The highest BCUT2D eigenvalue weighted by molar-refractivity contribution is 5.48. The quantitative estimate of drug-likeness (QED) is 0.345. The van der Waals surface area contributed by atoms with E-state index in [-0.39, 0.29) is 11.5 Å². The minimum absolute atomic E-state index is 0.108. The first kappa shape index (κ1) is 22.4. The van der Waals surface area contributed by atoms with Crippen LogP contribution in [0.4, 0.5) is 0 Å². The van der Waals surface area contributed by atoms with Crippen LogP contribution in [0.3, 0.4) is 0 Å². The summed E-state index contributed by atoms with van der Waals surface area (Å²) in [6.07, 6.45) is 4.86. The first-order valence-electron chi connectivity index (χ1n) is 8.30. The molecular formula is C19H34N2O3. The summed E-state index contributed by atoms with van der Waals surface area (Å²) in [5, 5.41) is 12.1. The van der Waals surface area contributed by atoms with E-state index >= 15 is 0 Å². The van der Waals surface area contributed by atoms with Crippen LogP contribution in [0.1, 0.15) is 34.1 Å². The second kappa shape index (κ2) is 11.0. The Morgan fingerprint density at radius 3 is 2.46 bits per heavy atom. The summed E-state index contributed by atoms with van der Waals surface area (Å²) in [5.41, 5.74) is 1.90.